The van der Waals surface area contributed by atoms with Crippen molar-refractivity contribution in [3.8, 4) is 0 Å². The fraction of sp³-hybridized carbons (Fsp3) is 0.600. The van der Waals surface area contributed by atoms with Crippen LogP contribution in [-0.2, 0) is 28.8 Å². The van der Waals surface area contributed by atoms with Crippen LogP contribution < -0.4 is 0 Å². The van der Waals surface area contributed by atoms with Crippen LogP contribution >= 0.6 is 11.3 Å². The van der Waals surface area contributed by atoms with E-state index in [9.17, 15) is 4.79 Å². The van der Waals surface area contributed by atoms with Gasteiger partial charge in [0, 0.05) is 23.2 Å². The van der Waals surface area contributed by atoms with Gasteiger partial charge in [-0.15, -0.1) is 11.3 Å². The van der Waals surface area contributed by atoms with E-state index in [4.69, 9.17) is 4.98 Å². The normalized spacial score (nSPS) is 11.2. The minimum Gasteiger partial charge on any atom is -0.469 e. The lowest BCUT2D eigenvalue weighted by atomic mass is 10.1. The number of nitrogens with zero attached hydrogens (tertiary/aromatic N) is 2. The fourth-order valence-electron chi connectivity index (χ4n) is 2.51. The van der Waals surface area contributed by atoms with Crippen molar-refractivity contribution in [2.24, 2.45) is 0 Å². The van der Waals surface area contributed by atoms with Gasteiger partial charge in [0.05, 0.1) is 12.8 Å². The van der Waals surface area contributed by atoms with Crippen molar-refractivity contribution >= 4 is 22.3 Å². The average molecular weight is 294 g/mol. The van der Waals surface area contributed by atoms with Crippen molar-refractivity contribution in [1.29, 1.82) is 0 Å². The van der Waals surface area contributed by atoms with Crippen LogP contribution in [0.25, 0.3) is 4.96 Å². The van der Waals surface area contributed by atoms with Crippen LogP contribution in [0.2, 0.25) is 0 Å². The summed E-state index contributed by atoms with van der Waals surface area (Å²) < 4.78 is 6.97. The van der Waals surface area contributed by atoms with Crippen molar-refractivity contribution in [1.82, 2.24) is 9.38 Å². The van der Waals surface area contributed by atoms with Gasteiger partial charge in [-0.2, -0.15) is 0 Å². The predicted octanol–water partition coefficient (Wildman–Crippen LogP) is 3.41. The lowest BCUT2D eigenvalue weighted by molar-refractivity contribution is -0.140. The summed E-state index contributed by atoms with van der Waals surface area (Å²) in [6, 6.07) is 0. The quantitative estimate of drug-likeness (QED) is 0.735. The lowest BCUT2D eigenvalue weighted by Gasteiger charge is -2.04. The Bertz CT molecular complexity index is 586. The topological polar surface area (TPSA) is 43.6 Å². The van der Waals surface area contributed by atoms with Crippen molar-refractivity contribution in [3.05, 3.63) is 22.5 Å². The highest BCUT2D eigenvalue weighted by Gasteiger charge is 2.14. The maximum atomic E-state index is 11.2. The van der Waals surface area contributed by atoms with E-state index in [1.165, 1.54) is 24.2 Å². The third-order valence-corrected chi connectivity index (χ3v) is 4.35. The number of imidazole rings is 1. The Balaban J connectivity index is 2.19. The molecule has 0 fully saturated rings. The summed E-state index contributed by atoms with van der Waals surface area (Å²) in [5.74, 6) is -0.135. The average Bonchev–Trinajstić information content (AvgIpc) is 2.98. The van der Waals surface area contributed by atoms with Crippen LogP contribution in [0.5, 0.6) is 0 Å². The second-order valence-corrected chi connectivity index (χ2v) is 5.72. The summed E-state index contributed by atoms with van der Waals surface area (Å²) in [6.07, 6.45) is 5.35. The molecule has 2 aromatic rings. The van der Waals surface area contributed by atoms with Gasteiger partial charge in [-0.25, -0.2) is 4.98 Å². The fourth-order valence-corrected chi connectivity index (χ4v) is 3.47. The number of carbonyl (C=O) groups is 1. The molecule has 2 heterocycles. The van der Waals surface area contributed by atoms with Gasteiger partial charge in [-0.1, -0.05) is 20.3 Å². The molecule has 2 rings (SSSR count). The Morgan fingerprint density at radius 2 is 2.20 bits per heavy atom. The van der Waals surface area contributed by atoms with Crippen LogP contribution in [-0.4, -0.2) is 22.5 Å². The molecule has 5 heteroatoms. The molecule has 110 valence electrons. The van der Waals surface area contributed by atoms with Gasteiger partial charge in [0.25, 0.3) is 0 Å². The van der Waals surface area contributed by atoms with Gasteiger partial charge in [0.1, 0.15) is 0 Å². The number of esters is 1. The largest absolute Gasteiger partial charge is 0.469 e. The molecule has 0 saturated heterocycles. The summed E-state index contributed by atoms with van der Waals surface area (Å²) in [6.45, 7) is 4.36. The highest BCUT2D eigenvalue weighted by Crippen LogP contribution is 2.24. The molecule has 0 N–H and O–H groups in total. The van der Waals surface area contributed by atoms with Crippen LogP contribution in [0, 0.1) is 0 Å². The third kappa shape index (κ3) is 3.03. The Hall–Kier alpha value is -1.36. The predicted molar refractivity (Wildman–Crippen MR) is 81.4 cm³/mol. The zero-order chi connectivity index (χ0) is 14.5. The molecule has 0 aliphatic rings. The second-order valence-electron chi connectivity index (χ2n) is 4.88. The van der Waals surface area contributed by atoms with Gasteiger partial charge in [-0.3, -0.25) is 9.20 Å². The minimum atomic E-state index is -0.135. The first-order valence-electron chi connectivity index (χ1n) is 7.24. The standard InChI is InChI=1S/C15H22N2O2S/c1-4-7-12-13(5-2)17-11(10-20-15(17)16-12)8-6-9-14(18)19-3/h10H,4-9H2,1-3H3. The molecule has 0 radical (unpaired) electrons. The SMILES string of the molecule is CCCc1nc2scc(CCCC(=O)OC)n2c1CC. The number of fused-ring (bicyclic) bond motifs is 1. The van der Waals surface area contributed by atoms with Gasteiger partial charge in [0.2, 0.25) is 0 Å². The molecule has 0 atom stereocenters. The number of hydrogen-bond donors (Lipinski definition) is 0. The maximum Gasteiger partial charge on any atom is 0.305 e. The monoisotopic (exact) mass is 294 g/mol. The molecule has 0 amide bonds. The number of hydrogen-bond acceptors (Lipinski definition) is 4. The van der Waals surface area contributed by atoms with Crippen molar-refractivity contribution in [3.63, 3.8) is 0 Å². The van der Waals surface area contributed by atoms with Gasteiger partial charge >= 0.3 is 5.97 Å². The number of ether oxygens (including phenoxy) is 1. The summed E-state index contributed by atoms with van der Waals surface area (Å²) in [7, 11) is 1.44. The van der Waals surface area contributed by atoms with Crippen molar-refractivity contribution < 1.29 is 9.53 Å². The van der Waals surface area contributed by atoms with Crippen LogP contribution in [0.4, 0.5) is 0 Å². The summed E-state index contributed by atoms with van der Waals surface area (Å²) in [4.78, 5) is 17.0. The highest BCUT2D eigenvalue weighted by atomic mass is 32.1. The summed E-state index contributed by atoms with van der Waals surface area (Å²) >= 11 is 1.69. The number of carbonyl (C=O) groups excluding carboxylic acids is 1. The molecule has 2 aromatic heterocycles. The Kier molecular flexibility index (Phi) is 5.17. The molecule has 0 aliphatic carbocycles. The smallest absolute Gasteiger partial charge is 0.305 e. The van der Waals surface area contributed by atoms with E-state index in [1.807, 2.05) is 0 Å². The van der Waals surface area contributed by atoms with Crippen LogP contribution in [0.15, 0.2) is 5.38 Å². The minimum absolute atomic E-state index is 0.135. The molecule has 0 unspecified atom stereocenters. The molecular formula is C15H22N2O2S. The molecular weight excluding hydrogens is 272 g/mol. The lowest BCUT2D eigenvalue weighted by Crippen LogP contribution is -2.03. The van der Waals surface area contributed by atoms with E-state index >= 15 is 0 Å². The number of thiazole rings is 1. The highest BCUT2D eigenvalue weighted by molar-refractivity contribution is 7.15. The van der Waals surface area contributed by atoms with E-state index in [0.717, 1.165) is 37.1 Å². The first-order chi connectivity index (χ1) is 9.71. The molecule has 20 heavy (non-hydrogen) atoms. The van der Waals surface area contributed by atoms with Crippen molar-refractivity contribution in [2.45, 2.75) is 52.4 Å². The third-order valence-electron chi connectivity index (χ3n) is 3.48. The summed E-state index contributed by atoms with van der Waals surface area (Å²) in [5.41, 5.74) is 3.83. The zero-order valence-electron chi connectivity index (χ0n) is 12.4. The van der Waals surface area contributed by atoms with E-state index in [0.29, 0.717) is 6.42 Å². The van der Waals surface area contributed by atoms with Crippen molar-refractivity contribution in [2.75, 3.05) is 7.11 Å². The molecule has 4 nitrogen and oxygen atoms in total. The maximum absolute atomic E-state index is 11.2. The van der Waals surface area contributed by atoms with Gasteiger partial charge in [0.15, 0.2) is 4.96 Å². The van der Waals surface area contributed by atoms with Crippen LogP contribution in [0.1, 0.15) is 50.2 Å². The molecule has 0 bridgehead atoms. The van der Waals surface area contributed by atoms with E-state index in [-0.39, 0.29) is 5.97 Å². The Morgan fingerprint density at radius 3 is 2.85 bits per heavy atom. The number of aromatic nitrogens is 2. The molecule has 0 spiro atoms. The molecule has 0 aromatic carbocycles. The summed E-state index contributed by atoms with van der Waals surface area (Å²) in [5, 5.41) is 2.16. The second kappa shape index (κ2) is 6.88. The van der Waals surface area contributed by atoms with Crippen LogP contribution in [0.3, 0.4) is 0 Å². The van der Waals surface area contributed by atoms with Gasteiger partial charge in [-0.05, 0) is 25.7 Å². The van der Waals surface area contributed by atoms with E-state index in [2.05, 4.69) is 28.4 Å². The molecule has 0 aliphatic heterocycles. The molecule has 0 saturated carbocycles. The zero-order valence-corrected chi connectivity index (χ0v) is 13.3. The number of rotatable bonds is 7. The van der Waals surface area contributed by atoms with E-state index in [1.54, 1.807) is 11.3 Å². The van der Waals surface area contributed by atoms with E-state index < -0.39 is 0 Å². The number of aryl methyl sites for hydroxylation is 3. The Labute approximate surface area is 123 Å². The first kappa shape index (κ1) is 15.0. The number of methoxy groups -OCH3 is 1. The first-order valence-corrected chi connectivity index (χ1v) is 8.12. The Morgan fingerprint density at radius 1 is 1.40 bits per heavy atom. The van der Waals surface area contributed by atoms with Gasteiger partial charge < -0.3 is 4.74 Å².